The standard InChI is InChI=1S/C20H31N3O2/c1-15(22-20(24)12-21-25)13-23-9-5-4-8-18-10-16-6-2-3-7-17(16)11-19(18)14-23/h10-11,15,21,25H,2-9,12-14H2,1H3,(H,22,24)/t15-/m0/s1. The highest BCUT2D eigenvalue weighted by Crippen LogP contribution is 2.28. The van der Waals surface area contributed by atoms with Crippen molar-refractivity contribution in [3.05, 3.63) is 34.4 Å². The first-order valence-corrected chi connectivity index (χ1v) is 9.68. The van der Waals surface area contributed by atoms with Gasteiger partial charge in [-0.1, -0.05) is 12.1 Å². The van der Waals surface area contributed by atoms with Gasteiger partial charge in [0, 0.05) is 19.1 Å². The second-order valence-corrected chi connectivity index (χ2v) is 7.59. The maximum absolute atomic E-state index is 11.6. The summed E-state index contributed by atoms with van der Waals surface area (Å²) in [5, 5.41) is 11.6. The van der Waals surface area contributed by atoms with Crippen LogP contribution >= 0.6 is 0 Å². The summed E-state index contributed by atoms with van der Waals surface area (Å²) in [7, 11) is 0. The molecule has 5 heteroatoms. The number of hydrogen-bond donors (Lipinski definition) is 3. The Morgan fingerprint density at radius 2 is 1.68 bits per heavy atom. The number of benzene rings is 1. The topological polar surface area (TPSA) is 64.6 Å². The fourth-order valence-corrected chi connectivity index (χ4v) is 4.22. The number of hydroxylamine groups is 1. The molecule has 1 aromatic carbocycles. The van der Waals surface area contributed by atoms with E-state index in [-0.39, 0.29) is 18.5 Å². The zero-order valence-electron chi connectivity index (χ0n) is 15.3. The van der Waals surface area contributed by atoms with Gasteiger partial charge >= 0.3 is 0 Å². The van der Waals surface area contributed by atoms with Gasteiger partial charge in [0.05, 0.1) is 6.54 Å². The lowest BCUT2D eigenvalue weighted by Crippen LogP contribution is -2.45. The fraction of sp³-hybridized carbons (Fsp3) is 0.650. The van der Waals surface area contributed by atoms with Gasteiger partial charge in [0.25, 0.3) is 0 Å². The Hall–Kier alpha value is -1.43. The molecule has 138 valence electrons. The van der Waals surface area contributed by atoms with Crippen molar-refractivity contribution < 1.29 is 10.0 Å². The molecule has 25 heavy (non-hydrogen) atoms. The molecule has 5 nitrogen and oxygen atoms in total. The molecule has 1 amide bonds. The zero-order chi connectivity index (χ0) is 17.6. The van der Waals surface area contributed by atoms with E-state index >= 15 is 0 Å². The predicted molar refractivity (Wildman–Crippen MR) is 98.7 cm³/mol. The van der Waals surface area contributed by atoms with E-state index in [1.54, 1.807) is 11.1 Å². The molecule has 1 aliphatic heterocycles. The van der Waals surface area contributed by atoms with Gasteiger partial charge in [0.15, 0.2) is 0 Å². The summed E-state index contributed by atoms with van der Waals surface area (Å²) in [6.07, 6.45) is 8.75. The summed E-state index contributed by atoms with van der Waals surface area (Å²) in [4.78, 5) is 14.1. The van der Waals surface area contributed by atoms with E-state index in [1.165, 1.54) is 56.1 Å². The van der Waals surface area contributed by atoms with Crippen LogP contribution in [0.1, 0.15) is 54.9 Å². The maximum atomic E-state index is 11.6. The van der Waals surface area contributed by atoms with Crippen molar-refractivity contribution in [3.8, 4) is 0 Å². The van der Waals surface area contributed by atoms with E-state index in [0.717, 1.165) is 19.6 Å². The minimum Gasteiger partial charge on any atom is -0.351 e. The second kappa shape index (κ2) is 8.79. The molecule has 1 aliphatic carbocycles. The van der Waals surface area contributed by atoms with Crippen LogP contribution in [0.3, 0.4) is 0 Å². The van der Waals surface area contributed by atoms with Gasteiger partial charge in [0.2, 0.25) is 5.91 Å². The minimum absolute atomic E-state index is 0.0562. The average Bonchev–Trinajstić information content (AvgIpc) is 2.56. The highest BCUT2D eigenvalue weighted by molar-refractivity contribution is 5.78. The van der Waals surface area contributed by atoms with E-state index in [9.17, 15) is 4.79 Å². The highest BCUT2D eigenvalue weighted by atomic mass is 16.5. The smallest absolute Gasteiger partial charge is 0.236 e. The number of fused-ring (bicyclic) bond motifs is 2. The number of nitrogens with zero attached hydrogens (tertiary/aromatic N) is 1. The van der Waals surface area contributed by atoms with Crippen LogP contribution in [0.4, 0.5) is 0 Å². The molecule has 2 aliphatic rings. The average molecular weight is 345 g/mol. The molecule has 3 N–H and O–H groups in total. The highest BCUT2D eigenvalue weighted by Gasteiger charge is 2.19. The maximum Gasteiger partial charge on any atom is 0.236 e. The third-order valence-electron chi connectivity index (χ3n) is 5.41. The summed E-state index contributed by atoms with van der Waals surface area (Å²) >= 11 is 0. The molecule has 3 rings (SSSR count). The quantitative estimate of drug-likeness (QED) is 0.716. The van der Waals surface area contributed by atoms with Crippen LogP contribution in [0.2, 0.25) is 0 Å². The van der Waals surface area contributed by atoms with E-state index in [4.69, 9.17) is 5.21 Å². The summed E-state index contributed by atoms with van der Waals surface area (Å²) in [5.41, 5.74) is 8.06. The molecule has 0 radical (unpaired) electrons. The van der Waals surface area contributed by atoms with Crippen molar-refractivity contribution >= 4 is 5.91 Å². The van der Waals surface area contributed by atoms with E-state index in [0.29, 0.717) is 0 Å². The number of nitrogens with one attached hydrogen (secondary N) is 2. The Labute approximate surface area is 150 Å². The normalized spacial score (nSPS) is 19.3. The van der Waals surface area contributed by atoms with Gasteiger partial charge in [-0.05, 0) is 80.7 Å². The van der Waals surface area contributed by atoms with Crippen LogP contribution in [0.5, 0.6) is 0 Å². The second-order valence-electron chi connectivity index (χ2n) is 7.59. The van der Waals surface area contributed by atoms with Crippen LogP contribution in [0.15, 0.2) is 12.1 Å². The first-order chi connectivity index (χ1) is 12.2. The number of amides is 1. The number of aryl methyl sites for hydroxylation is 3. The molecule has 0 saturated heterocycles. The lowest BCUT2D eigenvalue weighted by atomic mass is 9.86. The molecule has 0 saturated carbocycles. The molecule has 0 unspecified atom stereocenters. The molecule has 0 bridgehead atoms. The molecular weight excluding hydrogens is 314 g/mol. The Bertz CT molecular complexity index is 603. The first kappa shape index (κ1) is 18.4. The largest absolute Gasteiger partial charge is 0.351 e. The minimum atomic E-state index is -0.170. The molecule has 0 spiro atoms. The zero-order valence-corrected chi connectivity index (χ0v) is 15.3. The van der Waals surface area contributed by atoms with Gasteiger partial charge in [-0.2, -0.15) is 5.48 Å². The predicted octanol–water partition coefficient (Wildman–Crippen LogP) is 2.19. The number of carbonyl (C=O) groups excluding carboxylic acids is 1. The van der Waals surface area contributed by atoms with Crippen LogP contribution in [0, 0.1) is 0 Å². The Balaban J connectivity index is 1.68. The third-order valence-corrected chi connectivity index (χ3v) is 5.41. The van der Waals surface area contributed by atoms with Crippen LogP contribution in [-0.4, -0.2) is 41.7 Å². The molecule has 1 aromatic rings. The van der Waals surface area contributed by atoms with Crippen molar-refractivity contribution in [1.29, 1.82) is 0 Å². The van der Waals surface area contributed by atoms with Crippen molar-refractivity contribution in [3.63, 3.8) is 0 Å². The van der Waals surface area contributed by atoms with Gasteiger partial charge in [0.1, 0.15) is 0 Å². The molecule has 1 atom stereocenters. The Kier molecular flexibility index (Phi) is 6.45. The summed E-state index contributed by atoms with van der Waals surface area (Å²) in [6, 6.07) is 5.01. The number of carbonyl (C=O) groups is 1. The molecule has 1 heterocycles. The van der Waals surface area contributed by atoms with E-state index in [2.05, 4.69) is 22.3 Å². The SMILES string of the molecule is C[C@@H](CN1CCCCc2cc3c(cc2C1)CCCC3)NC(=O)CNO. The molecule has 0 aromatic heterocycles. The van der Waals surface area contributed by atoms with E-state index < -0.39 is 0 Å². The fourth-order valence-electron chi connectivity index (χ4n) is 4.22. The third kappa shape index (κ3) is 5.03. The summed E-state index contributed by atoms with van der Waals surface area (Å²) < 4.78 is 0. The van der Waals surface area contributed by atoms with Crippen molar-refractivity contribution in [2.75, 3.05) is 19.6 Å². The summed E-state index contributed by atoms with van der Waals surface area (Å²) in [5.74, 6) is -0.170. The molecular formula is C20H31N3O2. The van der Waals surface area contributed by atoms with Gasteiger partial charge in [-0.3, -0.25) is 9.69 Å². The number of rotatable bonds is 5. The van der Waals surface area contributed by atoms with Gasteiger partial charge in [-0.25, -0.2) is 0 Å². The summed E-state index contributed by atoms with van der Waals surface area (Å²) in [6.45, 7) is 4.87. The number of hydrogen-bond acceptors (Lipinski definition) is 4. The Morgan fingerprint density at radius 1 is 1.08 bits per heavy atom. The van der Waals surface area contributed by atoms with Gasteiger partial charge < -0.3 is 10.5 Å². The van der Waals surface area contributed by atoms with Crippen molar-refractivity contribution in [2.45, 2.75) is 64.5 Å². The van der Waals surface area contributed by atoms with Crippen LogP contribution < -0.4 is 10.8 Å². The van der Waals surface area contributed by atoms with Crippen molar-refractivity contribution in [1.82, 2.24) is 15.7 Å². The Morgan fingerprint density at radius 3 is 2.36 bits per heavy atom. The van der Waals surface area contributed by atoms with E-state index in [1.807, 2.05) is 12.4 Å². The van der Waals surface area contributed by atoms with Crippen molar-refractivity contribution in [2.24, 2.45) is 0 Å². The monoisotopic (exact) mass is 345 g/mol. The van der Waals surface area contributed by atoms with Crippen LogP contribution in [0.25, 0.3) is 0 Å². The first-order valence-electron chi connectivity index (χ1n) is 9.68. The van der Waals surface area contributed by atoms with Gasteiger partial charge in [-0.15, -0.1) is 0 Å². The lowest BCUT2D eigenvalue weighted by Gasteiger charge is -2.30. The molecule has 0 fully saturated rings. The van der Waals surface area contributed by atoms with Crippen LogP contribution in [-0.2, 0) is 30.6 Å². The lowest BCUT2D eigenvalue weighted by molar-refractivity contribution is -0.122.